The third kappa shape index (κ3) is 4.23. The molecule has 2 aromatic rings. The van der Waals surface area contributed by atoms with Crippen LogP contribution >= 0.6 is 24.2 Å². The Hall–Kier alpha value is -1.20. The minimum absolute atomic E-state index is 0. The van der Waals surface area contributed by atoms with Crippen molar-refractivity contribution in [1.82, 2.24) is 4.98 Å². The van der Waals surface area contributed by atoms with Gasteiger partial charge < -0.3 is 0 Å². The average molecular weight is 292 g/mol. The lowest BCUT2D eigenvalue weighted by Gasteiger charge is -2.06. The minimum atomic E-state index is -4.24. The second-order valence-corrected chi connectivity index (χ2v) is 4.43. The molecule has 0 saturated heterocycles. The SMILES string of the molecule is Cl.FC(F)(F)Sc1ccc(-c2ccccn2)cc1. The van der Waals surface area contributed by atoms with Crippen LogP contribution < -0.4 is 0 Å². The van der Waals surface area contributed by atoms with Crippen LogP contribution in [0.25, 0.3) is 11.3 Å². The van der Waals surface area contributed by atoms with Crippen molar-refractivity contribution in [3.8, 4) is 11.3 Å². The van der Waals surface area contributed by atoms with Gasteiger partial charge in [-0.1, -0.05) is 18.2 Å². The largest absolute Gasteiger partial charge is 0.446 e. The van der Waals surface area contributed by atoms with Crippen LogP contribution in [-0.4, -0.2) is 10.5 Å². The molecule has 0 aliphatic carbocycles. The van der Waals surface area contributed by atoms with E-state index in [4.69, 9.17) is 0 Å². The van der Waals surface area contributed by atoms with Gasteiger partial charge in [-0.2, -0.15) is 13.2 Å². The third-order valence-corrected chi connectivity index (χ3v) is 2.79. The Morgan fingerprint density at radius 3 is 2.11 bits per heavy atom. The summed E-state index contributed by atoms with van der Waals surface area (Å²) in [5.74, 6) is 0. The number of hydrogen-bond donors (Lipinski definition) is 0. The molecule has 0 radical (unpaired) electrons. The first kappa shape index (κ1) is 14.9. The standard InChI is InChI=1S/C12H8F3NS.ClH/c13-12(14,15)17-10-6-4-9(5-7-10)11-3-1-2-8-16-11;/h1-8H;1H. The number of nitrogens with zero attached hydrogens (tertiary/aromatic N) is 1. The van der Waals surface area contributed by atoms with E-state index >= 15 is 0 Å². The predicted octanol–water partition coefficient (Wildman–Crippen LogP) is 4.78. The number of rotatable bonds is 2. The molecule has 1 aromatic carbocycles. The molecule has 0 saturated carbocycles. The molecule has 18 heavy (non-hydrogen) atoms. The summed E-state index contributed by atoms with van der Waals surface area (Å²) >= 11 is -0.116. The van der Waals surface area contributed by atoms with Crippen molar-refractivity contribution in [2.75, 3.05) is 0 Å². The van der Waals surface area contributed by atoms with Crippen LogP contribution in [0.3, 0.4) is 0 Å². The molecular weight excluding hydrogens is 283 g/mol. The normalized spacial score (nSPS) is 10.8. The van der Waals surface area contributed by atoms with E-state index in [1.165, 1.54) is 12.1 Å². The lowest BCUT2D eigenvalue weighted by atomic mass is 10.1. The van der Waals surface area contributed by atoms with Crippen LogP contribution in [-0.2, 0) is 0 Å². The molecule has 0 amide bonds. The first-order valence-electron chi connectivity index (χ1n) is 4.82. The summed E-state index contributed by atoms with van der Waals surface area (Å²) in [5, 5.41) is 0. The van der Waals surface area contributed by atoms with Gasteiger partial charge in [-0.15, -0.1) is 12.4 Å². The third-order valence-electron chi connectivity index (χ3n) is 2.05. The fourth-order valence-electron chi connectivity index (χ4n) is 1.36. The van der Waals surface area contributed by atoms with Crippen molar-refractivity contribution >= 4 is 24.2 Å². The number of hydrogen-bond acceptors (Lipinski definition) is 2. The highest BCUT2D eigenvalue weighted by Gasteiger charge is 2.28. The van der Waals surface area contributed by atoms with Gasteiger partial charge in [0.25, 0.3) is 0 Å². The average Bonchev–Trinajstić information content (AvgIpc) is 2.29. The highest BCUT2D eigenvalue weighted by atomic mass is 35.5. The van der Waals surface area contributed by atoms with Crippen LogP contribution in [0.4, 0.5) is 13.2 Å². The molecule has 0 N–H and O–H groups in total. The minimum Gasteiger partial charge on any atom is -0.256 e. The quantitative estimate of drug-likeness (QED) is 0.738. The van der Waals surface area contributed by atoms with E-state index in [0.29, 0.717) is 0 Å². The zero-order valence-electron chi connectivity index (χ0n) is 9.02. The Kier molecular flexibility index (Phi) is 5.04. The van der Waals surface area contributed by atoms with Crippen LogP contribution in [0.2, 0.25) is 0 Å². The molecule has 0 aliphatic rings. The first-order valence-corrected chi connectivity index (χ1v) is 5.63. The van der Waals surface area contributed by atoms with Gasteiger partial charge in [0.2, 0.25) is 0 Å². The van der Waals surface area contributed by atoms with E-state index in [1.807, 2.05) is 12.1 Å². The Labute approximate surface area is 113 Å². The first-order chi connectivity index (χ1) is 8.04. The zero-order chi connectivity index (χ0) is 12.3. The molecule has 96 valence electrons. The number of alkyl halides is 3. The van der Waals surface area contributed by atoms with Crippen molar-refractivity contribution < 1.29 is 13.2 Å². The van der Waals surface area contributed by atoms with Gasteiger partial charge in [0.1, 0.15) is 0 Å². The molecule has 1 aromatic heterocycles. The molecule has 2 rings (SSSR count). The van der Waals surface area contributed by atoms with Crippen molar-refractivity contribution in [1.29, 1.82) is 0 Å². The van der Waals surface area contributed by atoms with E-state index in [0.717, 1.165) is 11.3 Å². The van der Waals surface area contributed by atoms with E-state index < -0.39 is 5.51 Å². The second kappa shape index (κ2) is 6.11. The maximum Gasteiger partial charge on any atom is 0.446 e. The van der Waals surface area contributed by atoms with Gasteiger partial charge >= 0.3 is 5.51 Å². The Balaban J connectivity index is 0.00000162. The van der Waals surface area contributed by atoms with Crippen LogP contribution in [0.15, 0.2) is 53.6 Å². The molecule has 0 atom stereocenters. The maximum absolute atomic E-state index is 12.1. The molecule has 1 heterocycles. The summed E-state index contributed by atoms with van der Waals surface area (Å²) in [5.41, 5.74) is -2.69. The summed E-state index contributed by atoms with van der Waals surface area (Å²) in [6, 6.07) is 11.6. The van der Waals surface area contributed by atoms with Crippen LogP contribution in [0.1, 0.15) is 0 Å². The smallest absolute Gasteiger partial charge is 0.256 e. The Bertz CT molecular complexity index is 485. The van der Waals surface area contributed by atoms with Gasteiger partial charge in [0, 0.05) is 16.7 Å². The van der Waals surface area contributed by atoms with E-state index in [9.17, 15) is 13.2 Å². The molecule has 0 unspecified atom stereocenters. The van der Waals surface area contributed by atoms with Gasteiger partial charge in [-0.05, 0) is 36.0 Å². The number of thioether (sulfide) groups is 1. The Morgan fingerprint density at radius 2 is 1.61 bits per heavy atom. The number of aromatic nitrogens is 1. The fraction of sp³-hybridized carbons (Fsp3) is 0.0833. The summed E-state index contributed by atoms with van der Waals surface area (Å²) in [7, 11) is 0. The van der Waals surface area contributed by atoms with Crippen LogP contribution in [0, 0.1) is 0 Å². The molecule has 0 spiro atoms. The van der Waals surface area contributed by atoms with E-state index in [2.05, 4.69) is 4.98 Å². The lowest BCUT2D eigenvalue weighted by Crippen LogP contribution is -1.98. The molecule has 0 bridgehead atoms. The van der Waals surface area contributed by atoms with Crippen LogP contribution in [0.5, 0.6) is 0 Å². The van der Waals surface area contributed by atoms with Gasteiger partial charge in [-0.3, -0.25) is 4.98 Å². The summed E-state index contributed by atoms with van der Waals surface area (Å²) in [4.78, 5) is 4.30. The summed E-state index contributed by atoms with van der Waals surface area (Å²) in [6.07, 6.45) is 1.65. The topological polar surface area (TPSA) is 12.9 Å². The van der Waals surface area contributed by atoms with E-state index in [1.54, 1.807) is 24.4 Å². The number of halogens is 4. The van der Waals surface area contributed by atoms with Crippen molar-refractivity contribution in [2.45, 2.75) is 10.4 Å². The van der Waals surface area contributed by atoms with Gasteiger partial charge in [0.15, 0.2) is 0 Å². The molecule has 6 heteroatoms. The number of benzene rings is 1. The summed E-state index contributed by atoms with van der Waals surface area (Å²) in [6.45, 7) is 0. The molecule has 0 aliphatic heterocycles. The Morgan fingerprint density at radius 1 is 0.944 bits per heavy atom. The number of pyridine rings is 1. The zero-order valence-corrected chi connectivity index (χ0v) is 10.6. The van der Waals surface area contributed by atoms with Crippen molar-refractivity contribution in [3.05, 3.63) is 48.7 Å². The maximum atomic E-state index is 12.1. The van der Waals surface area contributed by atoms with Crippen molar-refractivity contribution in [2.24, 2.45) is 0 Å². The van der Waals surface area contributed by atoms with Gasteiger partial charge in [-0.25, -0.2) is 0 Å². The monoisotopic (exact) mass is 291 g/mol. The predicted molar refractivity (Wildman–Crippen MR) is 68.8 cm³/mol. The molecular formula is C12H9ClF3NS. The highest BCUT2D eigenvalue weighted by Crippen LogP contribution is 2.37. The fourth-order valence-corrected chi connectivity index (χ4v) is 1.90. The lowest BCUT2D eigenvalue weighted by molar-refractivity contribution is -0.0328. The summed E-state index contributed by atoms with van der Waals surface area (Å²) < 4.78 is 36.3. The van der Waals surface area contributed by atoms with E-state index in [-0.39, 0.29) is 29.1 Å². The highest BCUT2D eigenvalue weighted by molar-refractivity contribution is 8.00. The molecule has 1 nitrogen and oxygen atoms in total. The second-order valence-electron chi connectivity index (χ2n) is 3.29. The molecule has 0 fully saturated rings. The van der Waals surface area contributed by atoms with Crippen molar-refractivity contribution in [3.63, 3.8) is 0 Å². The van der Waals surface area contributed by atoms with Gasteiger partial charge in [0.05, 0.1) is 5.69 Å².